The fraction of sp³-hybridized carbons (Fsp3) is 0.280. The largest absolute Gasteiger partial charge is 0.481 e. The van der Waals surface area contributed by atoms with Crippen molar-refractivity contribution in [2.24, 2.45) is 4.99 Å². The third kappa shape index (κ3) is 6.94. The van der Waals surface area contributed by atoms with Gasteiger partial charge in [0.15, 0.2) is 0 Å². The number of benzene rings is 2. The highest BCUT2D eigenvalue weighted by atomic mass is 32.1. The highest BCUT2D eigenvalue weighted by Gasteiger charge is 2.01. The first-order chi connectivity index (χ1) is 14.6. The molecule has 0 aliphatic carbocycles. The van der Waals surface area contributed by atoms with Crippen LogP contribution in [0.15, 0.2) is 71.0 Å². The normalized spacial score (nSPS) is 11.6. The number of aliphatic imine (C=N–C) groups is 1. The summed E-state index contributed by atoms with van der Waals surface area (Å²) in [5.41, 5.74) is 5.95. The molecule has 1 aromatic heterocycles. The third-order valence-corrected chi connectivity index (χ3v) is 5.87. The summed E-state index contributed by atoms with van der Waals surface area (Å²) in [6, 6.07) is 21.4. The highest BCUT2D eigenvalue weighted by Crippen LogP contribution is 2.24. The van der Waals surface area contributed by atoms with Crippen molar-refractivity contribution in [3.05, 3.63) is 82.7 Å². The highest BCUT2D eigenvalue weighted by molar-refractivity contribution is 7.13. The van der Waals surface area contributed by atoms with Crippen LogP contribution in [0.2, 0.25) is 0 Å². The van der Waals surface area contributed by atoms with E-state index in [1.807, 2.05) is 0 Å². The van der Waals surface area contributed by atoms with Crippen LogP contribution in [0.4, 0.5) is 0 Å². The van der Waals surface area contributed by atoms with Crippen molar-refractivity contribution in [1.29, 1.82) is 0 Å². The Bertz CT molecular complexity index is 946. The molecule has 0 aliphatic heterocycles. The molecule has 5 heteroatoms. The summed E-state index contributed by atoms with van der Waals surface area (Å²) in [4.78, 5) is 16.6. The van der Waals surface area contributed by atoms with Crippen LogP contribution in [0.5, 0.6) is 0 Å². The predicted octanol–water partition coefficient (Wildman–Crippen LogP) is 5.42. The van der Waals surface area contributed by atoms with Gasteiger partial charge < -0.3 is 10.4 Å². The lowest BCUT2D eigenvalue weighted by Crippen LogP contribution is -2.17. The van der Waals surface area contributed by atoms with E-state index in [9.17, 15) is 4.79 Å². The van der Waals surface area contributed by atoms with Crippen molar-refractivity contribution in [3.8, 4) is 10.4 Å². The molecule has 0 saturated carbocycles. The quantitative estimate of drug-likeness (QED) is 0.322. The molecule has 0 radical (unpaired) electrons. The van der Waals surface area contributed by atoms with Gasteiger partial charge in [0.25, 0.3) is 0 Å². The lowest BCUT2D eigenvalue weighted by Gasteiger charge is -2.06. The Morgan fingerprint density at radius 2 is 1.77 bits per heavy atom. The number of carboxylic acid groups (broad SMARTS) is 1. The summed E-state index contributed by atoms with van der Waals surface area (Å²) in [6.45, 7) is 4.02. The number of rotatable bonds is 11. The minimum atomic E-state index is -0.778. The fourth-order valence-corrected chi connectivity index (χ4v) is 3.92. The molecule has 0 amide bonds. The van der Waals surface area contributed by atoms with Crippen LogP contribution in [-0.4, -0.2) is 29.9 Å². The van der Waals surface area contributed by atoms with E-state index in [0.29, 0.717) is 13.1 Å². The van der Waals surface area contributed by atoms with Crippen molar-refractivity contribution >= 4 is 23.0 Å². The summed E-state index contributed by atoms with van der Waals surface area (Å²) in [7, 11) is 0. The van der Waals surface area contributed by atoms with E-state index in [4.69, 9.17) is 10.1 Å². The second-order valence-corrected chi connectivity index (χ2v) is 8.21. The summed E-state index contributed by atoms with van der Waals surface area (Å²) < 4.78 is 0. The molecular formula is C25H28N2O2S. The number of carbonyl (C=O) groups is 1. The van der Waals surface area contributed by atoms with Crippen molar-refractivity contribution in [2.75, 3.05) is 13.1 Å². The summed E-state index contributed by atoms with van der Waals surface area (Å²) in [5.74, 6) is -0.778. The van der Waals surface area contributed by atoms with Crippen LogP contribution in [0.3, 0.4) is 0 Å². The van der Waals surface area contributed by atoms with Gasteiger partial charge in [0.1, 0.15) is 0 Å². The Hall–Kier alpha value is -2.76. The summed E-state index contributed by atoms with van der Waals surface area (Å²) in [5, 5.41) is 13.9. The Kier molecular flexibility index (Phi) is 8.36. The summed E-state index contributed by atoms with van der Waals surface area (Å²) in [6.07, 6.45) is 2.20. The van der Waals surface area contributed by atoms with Gasteiger partial charge >= 0.3 is 5.97 Å². The van der Waals surface area contributed by atoms with Gasteiger partial charge in [-0.2, -0.15) is 0 Å². The molecule has 3 rings (SSSR count). The van der Waals surface area contributed by atoms with Crippen LogP contribution < -0.4 is 5.32 Å². The average Bonchev–Trinajstić information content (AvgIpc) is 3.30. The van der Waals surface area contributed by atoms with Gasteiger partial charge in [-0.3, -0.25) is 9.79 Å². The second kappa shape index (κ2) is 11.4. The van der Waals surface area contributed by atoms with Crippen LogP contribution in [0, 0.1) is 0 Å². The van der Waals surface area contributed by atoms with Crippen molar-refractivity contribution in [1.82, 2.24) is 5.32 Å². The first kappa shape index (κ1) is 21.9. The fourth-order valence-electron chi connectivity index (χ4n) is 3.19. The van der Waals surface area contributed by atoms with Crippen molar-refractivity contribution in [3.63, 3.8) is 0 Å². The zero-order chi connectivity index (χ0) is 21.2. The maximum Gasteiger partial charge on any atom is 0.304 e. The molecule has 0 spiro atoms. The van der Waals surface area contributed by atoms with E-state index in [0.717, 1.165) is 36.2 Å². The van der Waals surface area contributed by atoms with Crippen LogP contribution >= 0.6 is 11.3 Å². The van der Waals surface area contributed by atoms with E-state index in [-0.39, 0.29) is 6.42 Å². The van der Waals surface area contributed by atoms with Crippen LogP contribution in [-0.2, 0) is 17.8 Å². The number of hydrogen-bond donors (Lipinski definition) is 2. The minimum absolute atomic E-state index is 0.141. The molecule has 0 unspecified atom stereocenters. The molecular weight excluding hydrogens is 392 g/mol. The van der Waals surface area contributed by atoms with Gasteiger partial charge in [-0.1, -0.05) is 54.6 Å². The van der Waals surface area contributed by atoms with Crippen LogP contribution in [0.25, 0.3) is 10.4 Å². The molecule has 0 bridgehead atoms. The van der Waals surface area contributed by atoms with Gasteiger partial charge in [0, 0.05) is 30.2 Å². The van der Waals surface area contributed by atoms with Gasteiger partial charge in [-0.25, -0.2) is 0 Å². The van der Waals surface area contributed by atoms with E-state index >= 15 is 0 Å². The first-order valence-corrected chi connectivity index (χ1v) is 11.2. The molecule has 156 valence electrons. The summed E-state index contributed by atoms with van der Waals surface area (Å²) >= 11 is 1.77. The molecule has 0 atom stereocenters. The molecule has 1 heterocycles. The number of carboxylic acids is 1. The third-order valence-electron chi connectivity index (χ3n) is 4.95. The zero-order valence-corrected chi connectivity index (χ0v) is 18.1. The maximum absolute atomic E-state index is 10.5. The lowest BCUT2D eigenvalue weighted by molar-refractivity contribution is -0.136. The number of nitrogens with one attached hydrogen (secondary N) is 1. The van der Waals surface area contributed by atoms with E-state index in [2.05, 4.69) is 78.3 Å². The Morgan fingerprint density at radius 3 is 2.43 bits per heavy atom. The Morgan fingerprint density at radius 1 is 1.03 bits per heavy atom. The Labute approximate surface area is 182 Å². The molecule has 2 N–H and O–H groups in total. The number of thiophene rings is 1. The lowest BCUT2D eigenvalue weighted by atomic mass is 10.1. The number of aryl methyl sites for hydroxylation is 1. The van der Waals surface area contributed by atoms with Gasteiger partial charge in [-0.15, -0.1) is 11.3 Å². The molecule has 4 nitrogen and oxygen atoms in total. The molecule has 2 aromatic carbocycles. The molecule has 0 fully saturated rings. The maximum atomic E-state index is 10.5. The van der Waals surface area contributed by atoms with Crippen molar-refractivity contribution < 1.29 is 9.90 Å². The van der Waals surface area contributed by atoms with Crippen LogP contribution in [0.1, 0.15) is 36.5 Å². The van der Waals surface area contributed by atoms with E-state index in [1.165, 1.54) is 16.0 Å². The van der Waals surface area contributed by atoms with E-state index < -0.39 is 5.97 Å². The van der Waals surface area contributed by atoms with E-state index in [1.54, 1.807) is 11.3 Å². The van der Waals surface area contributed by atoms with Gasteiger partial charge in [0.05, 0.1) is 6.42 Å². The standard InChI is InChI=1S/C25H28N2O2S/c1-19(22-10-8-21(9-11-22)18-26-16-14-25(28)29)27-15-2-4-20-6-12-23(13-7-20)24-5-3-17-30-24/h3,5-13,17,26H,2,4,14-16,18H2,1H3,(H,28,29)/b27-19+. The predicted molar refractivity (Wildman–Crippen MR) is 126 cm³/mol. The monoisotopic (exact) mass is 420 g/mol. The average molecular weight is 421 g/mol. The van der Waals surface area contributed by atoms with Gasteiger partial charge in [0.2, 0.25) is 0 Å². The van der Waals surface area contributed by atoms with Crippen molar-refractivity contribution in [2.45, 2.75) is 32.7 Å². The molecule has 30 heavy (non-hydrogen) atoms. The molecule has 0 aliphatic rings. The topological polar surface area (TPSA) is 61.7 Å². The smallest absolute Gasteiger partial charge is 0.304 e. The first-order valence-electron chi connectivity index (χ1n) is 10.3. The Balaban J connectivity index is 1.42. The molecule has 3 aromatic rings. The number of nitrogens with zero attached hydrogens (tertiary/aromatic N) is 1. The SMILES string of the molecule is C/C(=N\CCCc1ccc(-c2cccs2)cc1)c1ccc(CNCCC(=O)O)cc1. The minimum Gasteiger partial charge on any atom is -0.481 e. The molecule has 0 saturated heterocycles. The van der Waals surface area contributed by atoms with Gasteiger partial charge in [-0.05, 0) is 53.5 Å². The zero-order valence-electron chi connectivity index (χ0n) is 17.3. The second-order valence-electron chi connectivity index (χ2n) is 7.26. The number of aliphatic carboxylic acids is 1. The number of hydrogen-bond acceptors (Lipinski definition) is 4.